The lowest BCUT2D eigenvalue weighted by Gasteiger charge is -2.26. The SMILES string of the molecule is CC1(C(=O)NCc2ccc(CN3CCOCC3)cc2)CCNC1.Cl.Cl. The molecule has 0 saturated carbocycles. The van der Waals surface area contributed by atoms with Crippen molar-refractivity contribution in [3.05, 3.63) is 35.4 Å². The van der Waals surface area contributed by atoms with E-state index in [1.807, 2.05) is 6.92 Å². The van der Waals surface area contributed by atoms with Gasteiger partial charge in [0.25, 0.3) is 0 Å². The summed E-state index contributed by atoms with van der Waals surface area (Å²) in [7, 11) is 0. The summed E-state index contributed by atoms with van der Waals surface area (Å²) >= 11 is 0. The molecule has 1 atom stereocenters. The van der Waals surface area contributed by atoms with Gasteiger partial charge in [-0.3, -0.25) is 9.69 Å². The fourth-order valence-corrected chi connectivity index (χ4v) is 3.19. The van der Waals surface area contributed by atoms with Crippen LogP contribution in [0.4, 0.5) is 0 Å². The van der Waals surface area contributed by atoms with Crippen molar-refractivity contribution < 1.29 is 9.53 Å². The molecule has 0 spiro atoms. The van der Waals surface area contributed by atoms with E-state index in [1.165, 1.54) is 5.56 Å². The van der Waals surface area contributed by atoms with Gasteiger partial charge in [-0.15, -0.1) is 24.8 Å². The number of nitrogens with zero attached hydrogens (tertiary/aromatic N) is 1. The fourth-order valence-electron chi connectivity index (χ4n) is 3.19. The Balaban J connectivity index is 0.00000156. The second-order valence-electron chi connectivity index (χ2n) is 6.88. The monoisotopic (exact) mass is 389 g/mol. The summed E-state index contributed by atoms with van der Waals surface area (Å²) in [5.41, 5.74) is 2.21. The summed E-state index contributed by atoms with van der Waals surface area (Å²) in [6, 6.07) is 8.56. The predicted molar refractivity (Wildman–Crippen MR) is 104 cm³/mol. The molecule has 0 aromatic heterocycles. The quantitative estimate of drug-likeness (QED) is 0.808. The Bertz CT molecular complexity index is 528. The van der Waals surface area contributed by atoms with Crippen LogP contribution in [0.3, 0.4) is 0 Å². The van der Waals surface area contributed by atoms with Gasteiger partial charge < -0.3 is 15.4 Å². The van der Waals surface area contributed by atoms with Crippen LogP contribution in [0.15, 0.2) is 24.3 Å². The molecule has 0 bridgehead atoms. The Kier molecular flexibility index (Phi) is 9.17. The van der Waals surface area contributed by atoms with Crippen molar-refractivity contribution in [2.45, 2.75) is 26.4 Å². The van der Waals surface area contributed by atoms with Crippen LogP contribution >= 0.6 is 24.8 Å². The van der Waals surface area contributed by atoms with Crippen LogP contribution in [0.5, 0.6) is 0 Å². The molecule has 5 nitrogen and oxygen atoms in total. The van der Waals surface area contributed by atoms with Gasteiger partial charge in [0, 0.05) is 32.7 Å². The van der Waals surface area contributed by atoms with E-state index in [0.29, 0.717) is 6.54 Å². The van der Waals surface area contributed by atoms with E-state index in [1.54, 1.807) is 0 Å². The normalized spacial score (nSPS) is 23.4. The third-order valence-corrected chi connectivity index (χ3v) is 4.90. The first-order valence-electron chi connectivity index (χ1n) is 8.53. The second-order valence-corrected chi connectivity index (χ2v) is 6.88. The number of halogens is 2. The van der Waals surface area contributed by atoms with Crippen LogP contribution in [0.25, 0.3) is 0 Å². The number of hydrogen-bond acceptors (Lipinski definition) is 4. The number of carbonyl (C=O) groups excluding carboxylic acids is 1. The molecule has 2 N–H and O–H groups in total. The molecule has 0 aliphatic carbocycles. The number of rotatable bonds is 5. The number of carbonyl (C=O) groups is 1. The summed E-state index contributed by atoms with van der Waals surface area (Å²) in [4.78, 5) is 14.7. The maximum absolute atomic E-state index is 12.3. The third-order valence-electron chi connectivity index (χ3n) is 4.90. The standard InChI is InChI=1S/C18H27N3O2.2ClH/c1-18(6-7-19-14-18)17(22)20-12-15-2-4-16(5-3-15)13-21-8-10-23-11-9-21;;/h2-5,19H,6-14H2,1H3,(H,20,22);2*1H. The lowest BCUT2D eigenvalue weighted by atomic mass is 9.89. The van der Waals surface area contributed by atoms with E-state index >= 15 is 0 Å². The highest BCUT2D eigenvalue weighted by atomic mass is 35.5. The summed E-state index contributed by atoms with van der Waals surface area (Å²) in [5.74, 6) is 0.153. The predicted octanol–water partition coefficient (Wildman–Crippen LogP) is 1.98. The van der Waals surface area contributed by atoms with Crippen molar-refractivity contribution in [3.8, 4) is 0 Å². The molecule has 142 valence electrons. The van der Waals surface area contributed by atoms with Gasteiger partial charge in [0.05, 0.1) is 18.6 Å². The van der Waals surface area contributed by atoms with Gasteiger partial charge in [0.1, 0.15) is 0 Å². The molecule has 2 aliphatic heterocycles. The average molecular weight is 390 g/mol. The highest BCUT2D eigenvalue weighted by molar-refractivity contribution is 5.85. The Morgan fingerprint density at radius 3 is 2.44 bits per heavy atom. The van der Waals surface area contributed by atoms with Crippen LogP contribution in [0.2, 0.25) is 0 Å². The van der Waals surface area contributed by atoms with Crippen LogP contribution in [0, 0.1) is 5.41 Å². The molecule has 2 aliphatic rings. The van der Waals surface area contributed by atoms with Crippen LogP contribution in [-0.4, -0.2) is 50.2 Å². The number of amides is 1. The zero-order valence-electron chi connectivity index (χ0n) is 14.8. The molecule has 2 heterocycles. The van der Waals surface area contributed by atoms with Gasteiger partial charge in [-0.2, -0.15) is 0 Å². The smallest absolute Gasteiger partial charge is 0.227 e. The third kappa shape index (κ3) is 6.12. The Hall–Kier alpha value is -0.850. The minimum atomic E-state index is -0.254. The number of benzene rings is 1. The van der Waals surface area contributed by atoms with Gasteiger partial charge in [0.15, 0.2) is 0 Å². The molecule has 1 aromatic carbocycles. The van der Waals surface area contributed by atoms with Crippen molar-refractivity contribution in [2.24, 2.45) is 5.41 Å². The minimum absolute atomic E-state index is 0. The highest BCUT2D eigenvalue weighted by Crippen LogP contribution is 2.24. The Labute approximate surface area is 162 Å². The lowest BCUT2D eigenvalue weighted by Crippen LogP contribution is -2.40. The molecule has 1 aromatic rings. The number of hydrogen-bond donors (Lipinski definition) is 2. The first kappa shape index (κ1) is 22.2. The van der Waals surface area contributed by atoms with Gasteiger partial charge >= 0.3 is 0 Å². The van der Waals surface area contributed by atoms with Crippen molar-refractivity contribution in [3.63, 3.8) is 0 Å². The second kappa shape index (κ2) is 10.3. The molecule has 7 heteroatoms. The first-order valence-corrected chi connectivity index (χ1v) is 8.53. The lowest BCUT2D eigenvalue weighted by molar-refractivity contribution is -0.129. The van der Waals surface area contributed by atoms with Crippen LogP contribution in [-0.2, 0) is 22.6 Å². The van der Waals surface area contributed by atoms with Crippen molar-refractivity contribution >= 4 is 30.7 Å². The average Bonchev–Trinajstić information content (AvgIpc) is 3.03. The number of morpholine rings is 1. The summed E-state index contributed by atoms with van der Waals surface area (Å²) in [6.45, 7) is 8.99. The topological polar surface area (TPSA) is 53.6 Å². The van der Waals surface area contributed by atoms with Crippen molar-refractivity contribution in [1.29, 1.82) is 0 Å². The number of ether oxygens (including phenoxy) is 1. The maximum atomic E-state index is 12.3. The van der Waals surface area contributed by atoms with E-state index in [-0.39, 0.29) is 36.1 Å². The summed E-state index contributed by atoms with van der Waals surface area (Å²) in [5, 5.41) is 6.34. The van der Waals surface area contributed by atoms with Crippen molar-refractivity contribution in [1.82, 2.24) is 15.5 Å². The van der Waals surface area contributed by atoms with E-state index < -0.39 is 0 Å². The number of nitrogens with one attached hydrogen (secondary N) is 2. The molecule has 0 radical (unpaired) electrons. The first-order chi connectivity index (χ1) is 11.2. The molecule has 1 unspecified atom stereocenters. The molecule has 2 saturated heterocycles. The molecule has 1 amide bonds. The Morgan fingerprint density at radius 2 is 1.84 bits per heavy atom. The molecule has 3 rings (SSSR count). The van der Waals surface area contributed by atoms with E-state index in [2.05, 4.69) is 39.8 Å². The fraction of sp³-hybridized carbons (Fsp3) is 0.611. The van der Waals surface area contributed by atoms with Gasteiger partial charge in [-0.1, -0.05) is 24.3 Å². The Morgan fingerprint density at radius 1 is 1.20 bits per heavy atom. The van der Waals surface area contributed by atoms with Crippen LogP contribution in [0.1, 0.15) is 24.5 Å². The largest absolute Gasteiger partial charge is 0.379 e. The van der Waals surface area contributed by atoms with E-state index in [9.17, 15) is 4.79 Å². The molecular weight excluding hydrogens is 361 g/mol. The molecule has 2 fully saturated rings. The van der Waals surface area contributed by atoms with E-state index in [4.69, 9.17) is 4.74 Å². The van der Waals surface area contributed by atoms with E-state index in [0.717, 1.165) is 57.9 Å². The summed E-state index contributed by atoms with van der Waals surface area (Å²) < 4.78 is 5.37. The van der Waals surface area contributed by atoms with Gasteiger partial charge in [-0.05, 0) is 31.0 Å². The minimum Gasteiger partial charge on any atom is -0.379 e. The van der Waals surface area contributed by atoms with Gasteiger partial charge in [0.2, 0.25) is 5.91 Å². The maximum Gasteiger partial charge on any atom is 0.227 e. The van der Waals surface area contributed by atoms with Crippen LogP contribution < -0.4 is 10.6 Å². The highest BCUT2D eigenvalue weighted by Gasteiger charge is 2.35. The zero-order valence-corrected chi connectivity index (χ0v) is 16.4. The summed E-state index contributed by atoms with van der Waals surface area (Å²) in [6.07, 6.45) is 0.914. The molecular formula is C18H29Cl2N3O2. The molecule has 25 heavy (non-hydrogen) atoms. The van der Waals surface area contributed by atoms with Crippen molar-refractivity contribution in [2.75, 3.05) is 39.4 Å². The van der Waals surface area contributed by atoms with Gasteiger partial charge in [-0.25, -0.2) is 0 Å². The zero-order chi connectivity index (χ0) is 16.1.